The highest BCUT2D eigenvalue weighted by atomic mass is 19.4. The molecule has 0 saturated carbocycles. The molecule has 0 amide bonds. The second-order valence-corrected chi connectivity index (χ2v) is 4.39. The Labute approximate surface area is 115 Å². The lowest BCUT2D eigenvalue weighted by atomic mass is 10.1. The van der Waals surface area contributed by atoms with Crippen LogP contribution in [-0.4, -0.2) is 26.4 Å². The Kier molecular flexibility index (Phi) is 5.24. The lowest BCUT2D eigenvalue weighted by Crippen LogP contribution is -2.30. The number of halogens is 3. The van der Waals surface area contributed by atoms with Gasteiger partial charge in [-0.05, 0) is 24.3 Å². The molecule has 0 unspecified atom stereocenters. The molecular formula is C13H17F3N2O2. The number of rotatable bonds is 4. The summed E-state index contributed by atoms with van der Waals surface area (Å²) in [5.74, 6) is 0.507. The normalized spacial score (nSPS) is 12.5. The zero-order chi connectivity index (χ0) is 15.3. The van der Waals surface area contributed by atoms with Gasteiger partial charge in [0.1, 0.15) is 12.9 Å². The first-order valence-electron chi connectivity index (χ1n) is 5.95. The first kappa shape index (κ1) is 16.1. The summed E-state index contributed by atoms with van der Waals surface area (Å²) < 4.78 is 40.0. The minimum atomic E-state index is -4.69. The van der Waals surface area contributed by atoms with Gasteiger partial charge in [-0.2, -0.15) is 0 Å². The third-order valence-electron chi connectivity index (χ3n) is 2.50. The molecule has 4 nitrogen and oxygen atoms in total. The van der Waals surface area contributed by atoms with Crippen molar-refractivity contribution in [3.05, 3.63) is 24.3 Å². The molecule has 0 saturated heterocycles. The number of nitrogens with zero attached hydrogens (tertiary/aromatic N) is 2. The molecule has 20 heavy (non-hydrogen) atoms. The maximum atomic E-state index is 12.1. The van der Waals surface area contributed by atoms with Crippen molar-refractivity contribution >= 4 is 11.5 Å². The van der Waals surface area contributed by atoms with Gasteiger partial charge in [0, 0.05) is 18.7 Å². The van der Waals surface area contributed by atoms with Crippen molar-refractivity contribution in [3.8, 4) is 5.75 Å². The first-order chi connectivity index (χ1) is 9.24. The highest BCUT2D eigenvalue weighted by molar-refractivity contribution is 5.98. The fraction of sp³-hybridized carbons (Fsp3) is 0.462. The number of hydrogen-bond acceptors (Lipinski definition) is 3. The molecule has 0 spiro atoms. The van der Waals surface area contributed by atoms with Gasteiger partial charge in [0.25, 0.3) is 0 Å². The number of hydrogen-bond donors (Lipinski definition) is 0. The van der Waals surface area contributed by atoms with Crippen LogP contribution in [0.3, 0.4) is 0 Å². The van der Waals surface area contributed by atoms with E-state index in [0.29, 0.717) is 11.5 Å². The molecule has 0 fully saturated rings. The molecule has 1 aromatic carbocycles. The van der Waals surface area contributed by atoms with Crippen LogP contribution in [0, 0.1) is 5.92 Å². The van der Waals surface area contributed by atoms with E-state index < -0.39 is 6.36 Å². The number of amidine groups is 1. The SMILES string of the molecule is CO/N=C(\C(C)C)N(C)c1ccc(OC(F)(F)F)cc1. The number of alkyl halides is 3. The molecule has 0 aliphatic carbocycles. The van der Waals surface area contributed by atoms with Crippen molar-refractivity contribution in [2.24, 2.45) is 11.1 Å². The summed E-state index contributed by atoms with van der Waals surface area (Å²) >= 11 is 0. The van der Waals surface area contributed by atoms with Crippen LogP contribution >= 0.6 is 0 Å². The predicted octanol–water partition coefficient (Wildman–Crippen LogP) is 3.64. The maximum absolute atomic E-state index is 12.1. The first-order valence-corrected chi connectivity index (χ1v) is 5.95. The van der Waals surface area contributed by atoms with Crippen molar-refractivity contribution < 1.29 is 22.7 Å². The van der Waals surface area contributed by atoms with Gasteiger partial charge in [0.05, 0.1) is 0 Å². The largest absolute Gasteiger partial charge is 0.573 e. The Morgan fingerprint density at radius 1 is 1.20 bits per heavy atom. The molecule has 0 heterocycles. The maximum Gasteiger partial charge on any atom is 0.573 e. The van der Waals surface area contributed by atoms with Gasteiger partial charge in [-0.3, -0.25) is 0 Å². The molecule has 0 aliphatic rings. The van der Waals surface area contributed by atoms with Crippen molar-refractivity contribution in [1.82, 2.24) is 0 Å². The zero-order valence-corrected chi connectivity index (χ0v) is 11.7. The fourth-order valence-corrected chi connectivity index (χ4v) is 1.65. The molecule has 0 N–H and O–H groups in total. The Balaban J connectivity index is 2.90. The molecule has 0 radical (unpaired) electrons. The lowest BCUT2D eigenvalue weighted by molar-refractivity contribution is -0.274. The van der Waals surface area contributed by atoms with E-state index in [4.69, 9.17) is 4.84 Å². The smallest absolute Gasteiger partial charge is 0.406 e. The third-order valence-corrected chi connectivity index (χ3v) is 2.50. The quantitative estimate of drug-likeness (QED) is 0.482. The standard InChI is InChI=1S/C13H17F3N2O2/c1-9(2)12(17-19-4)18(3)10-5-7-11(8-6-10)20-13(14,15)16/h5-9H,1-4H3/b17-12+. The molecular weight excluding hydrogens is 273 g/mol. The fourth-order valence-electron chi connectivity index (χ4n) is 1.65. The van der Waals surface area contributed by atoms with Crippen LogP contribution in [0.5, 0.6) is 5.75 Å². The van der Waals surface area contributed by atoms with Gasteiger partial charge in [-0.15, -0.1) is 13.2 Å². The third kappa shape index (κ3) is 4.64. The summed E-state index contributed by atoms with van der Waals surface area (Å²) in [6, 6.07) is 5.55. The van der Waals surface area contributed by atoms with Gasteiger partial charge < -0.3 is 14.5 Å². The van der Waals surface area contributed by atoms with Crippen LogP contribution in [0.2, 0.25) is 0 Å². The van der Waals surface area contributed by atoms with Gasteiger partial charge in [0.2, 0.25) is 0 Å². The minimum absolute atomic E-state index is 0.103. The molecule has 1 aromatic rings. The average Bonchev–Trinajstić information content (AvgIpc) is 2.33. The molecule has 0 aliphatic heterocycles. The molecule has 1 rings (SSSR count). The average molecular weight is 290 g/mol. The highest BCUT2D eigenvalue weighted by Crippen LogP contribution is 2.25. The van der Waals surface area contributed by atoms with Crippen LogP contribution in [0.15, 0.2) is 29.4 Å². The van der Waals surface area contributed by atoms with Gasteiger partial charge in [-0.25, -0.2) is 0 Å². The van der Waals surface area contributed by atoms with Crippen molar-refractivity contribution in [3.63, 3.8) is 0 Å². The summed E-state index contributed by atoms with van der Waals surface area (Å²) in [4.78, 5) is 6.51. The summed E-state index contributed by atoms with van der Waals surface area (Å²) in [6.07, 6.45) is -4.69. The van der Waals surface area contributed by atoms with Crippen LogP contribution in [0.25, 0.3) is 0 Å². The topological polar surface area (TPSA) is 34.1 Å². The Bertz CT molecular complexity index is 456. The van der Waals surface area contributed by atoms with Crippen molar-refractivity contribution in [2.45, 2.75) is 20.2 Å². The summed E-state index contributed by atoms with van der Waals surface area (Å²) in [6.45, 7) is 3.88. The summed E-state index contributed by atoms with van der Waals surface area (Å²) in [5.41, 5.74) is 0.684. The molecule has 0 aromatic heterocycles. The molecule has 0 atom stereocenters. The van der Waals surface area contributed by atoms with Crippen molar-refractivity contribution in [2.75, 3.05) is 19.1 Å². The number of anilines is 1. The number of benzene rings is 1. The van der Waals surface area contributed by atoms with E-state index in [1.807, 2.05) is 13.8 Å². The number of ether oxygens (including phenoxy) is 1. The Morgan fingerprint density at radius 3 is 2.15 bits per heavy atom. The van der Waals surface area contributed by atoms with E-state index in [1.165, 1.54) is 31.4 Å². The van der Waals surface area contributed by atoms with E-state index in [0.717, 1.165) is 0 Å². The van der Waals surface area contributed by atoms with E-state index in [-0.39, 0.29) is 11.7 Å². The van der Waals surface area contributed by atoms with Gasteiger partial charge in [-0.1, -0.05) is 19.0 Å². The Morgan fingerprint density at radius 2 is 1.75 bits per heavy atom. The summed E-state index contributed by atoms with van der Waals surface area (Å²) in [5, 5.41) is 3.91. The second kappa shape index (κ2) is 6.49. The number of oxime groups is 1. The van der Waals surface area contributed by atoms with Crippen LogP contribution in [0.4, 0.5) is 18.9 Å². The Hall–Kier alpha value is -1.92. The second-order valence-electron chi connectivity index (χ2n) is 4.39. The van der Waals surface area contributed by atoms with E-state index in [1.54, 1.807) is 11.9 Å². The highest BCUT2D eigenvalue weighted by Gasteiger charge is 2.31. The van der Waals surface area contributed by atoms with Gasteiger partial charge in [0.15, 0.2) is 5.84 Å². The van der Waals surface area contributed by atoms with E-state index >= 15 is 0 Å². The van der Waals surface area contributed by atoms with Crippen LogP contribution in [-0.2, 0) is 4.84 Å². The molecule has 0 bridgehead atoms. The zero-order valence-electron chi connectivity index (χ0n) is 11.7. The van der Waals surface area contributed by atoms with Crippen LogP contribution in [0.1, 0.15) is 13.8 Å². The van der Waals surface area contributed by atoms with E-state index in [2.05, 4.69) is 9.89 Å². The predicted molar refractivity (Wildman–Crippen MR) is 70.8 cm³/mol. The summed E-state index contributed by atoms with van der Waals surface area (Å²) in [7, 11) is 3.20. The minimum Gasteiger partial charge on any atom is -0.406 e. The lowest BCUT2D eigenvalue weighted by Gasteiger charge is -2.23. The molecule has 112 valence electrons. The molecule has 7 heteroatoms. The van der Waals surface area contributed by atoms with E-state index in [9.17, 15) is 13.2 Å². The van der Waals surface area contributed by atoms with Crippen LogP contribution < -0.4 is 9.64 Å². The van der Waals surface area contributed by atoms with Crippen molar-refractivity contribution in [1.29, 1.82) is 0 Å². The monoisotopic (exact) mass is 290 g/mol. The van der Waals surface area contributed by atoms with Gasteiger partial charge >= 0.3 is 6.36 Å².